The number of aromatic nitrogens is 4. The number of piperazine rings is 1. The summed E-state index contributed by atoms with van der Waals surface area (Å²) in [5, 5.41) is 15.3. The van der Waals surface area contributed by atoms with E-state index in [1.165, 1.54) is 0 Å². The van der Waals surface area contributed by atoms with Crippen molar-refractivity contribution in [3.05, 3.63) is 100 Å². The number of nitrogens with one attached hydrogen (secondary N) is 4. The fourth-order valence-electron chi connectivity index (χ4n) is 9.44. The number of H-pyrrole nitrogens is 2. The Kier molecular flexibility index (Phi) is 13.2. The van der Waals surface area contributed by atoms with Crippen molar-refractivity contribution >= 4 is 51.4 Å². The Hall–Kier alpha value is -6.45. The largest absolute Gasteiger partial charge is 0.444 e. The van der Waals surface area contributed by atoms with Crippen molar-refractivity contribution < 1.29 is 23.9 Å². The molecule has 338 valence electrons. The quantitative estimate of drug-likeness (QED) is 0.141. The van der Waals surface area contributed by atoms with Gasteiger partial charge < -0.3 is 40.0 Å². The number of benzene rings is 2. The second-order valence-corrected chi connectivity index (χ2v) is 18.6. The first-order valence-electron chi connectivity index (χ1n) is 22.6. The Labute approximate surface area is 373 Å². The number of piperidine rings is 2. The lowest BCUT2D eigenvalue weighted by atomic mass is 9.89. The zero-order valence-electron chi connectivity index (χ0n) is 37.3. The fraction of sp³-hybridized carbons (Fsp3) is 0.479. The Balaban J connectivity index is 0.990. The normalized spacial score (nSPS) is 17.6. The van der Waals surface area contributed by atoms with E-state index in [-0.39, 0.29) is 41.8 Å². The van der Waals surface area contributed by atoms with E-state index in [0.717, 1.165) is 38.6 Å². The second kappa shape index (κ2) is 19.1. The smallest absolute Gasteiger partial charge is 0.410 e. The van der Waals surface area contributed by atoms with Crippen LogP contribution in [0.2, 0.25) is 0 Å². The first kappa shape index (κ1) is 44.2. The third-order valence-corrected chi connectivity index (χ3v) is 12.9. The molecule has 4 N–H and O–H groups in total. The molecule has 64 heavy (non-hydrogen) atoms. The highest BCUT2D eigenvalue weighted by Gasteiger charge is 2.36. The average molecular weight is 873 g/mol. The molecule has 16 heteroatoms. The molecule has 2 atom stereocenters. The van der Waals surface area contributed by atoms with Crippen LogP contribution in [0.5, 0.6) is 0 Å². The molecule has 5 aromatic rings. The lowest BCUT2D eigenvalue weighted by Gasteiger charge is -2.39. The van der Waals surface area contributed by atoms with Crippen molar-refractivity contribution in [3.63, 3.8) is 0 Å². The Morgan fingerprint density at radius 2 is 1.52 bits per heavy atom. The van der Waals surface area contributed by atoms with E-state index in [0.29, 0.717) is 90.0 Å². The maximum atomic E-state index is 14.7. The molecule has 0 radical (unpaired) electrons. The molecule has 6 heterocycles. The molecule has 3 aliphatic rings. The summed E-state index contributed by atoms with van der Waals surface area (Å²) in [5.41, 5.74) is 4.51. The van der Waals surface area contributed by atoms with Crippen LogP contribution in [0.1, 0.15) is 75.5 Å². The molecule has 0 spiro atoms. The number of pyridine rings is 2. The van der Waals surface area contributed by atoms with E-state index >= 15 is 0 Å². The third-order valence-electron chi connectivity index (χ3n) is 12.9. The van der Waals surface area contributed by atoms with Gasteiger partial charge in [-0.3, -0.25) is 24.5 Å². The summed E-state index contributed by atoms with van der Waals surface area (Å²) in [7, 11) is 0. The third kappa shape index (κ3) is 10.5. The van der Waals surface area contributed by atoms with Gasteiger partial charge in [-0.05, 0) is 118 Å². The molecule has 0 saturated carbocycles. The summed E-state index contributed by atoms with van der Waals surface area (Å²) in [4.78, 5) is 84.1. The lowest BCUT2D eigenvalue weighted by molar-refractivity contribution is -0.137. The van der Waals surface area contributed by atoms with Crippen LogP contribution in [0.4, 0.5) is 15.3 Å². The summed E-state index contributed by atoms with van der Waals surface area (Å²) in [6.45, 7) is 11.5. The highest BCUT2D eigenvalue weighted by molar-refractivity contribution is 5.92. The molecule has 16 nitrogen and oxygen atoms in total. The molecule has 5 amide bonds. The Morgan fingerprint density at radius 3 is 2.23 bits per heavy atom. The number of rotatable bonds is 10. The minimum Gasteiger partial charge on any atom is -0.444 e. The summed E-state index contributed by atoms with van der Waals surface area (Å²) < 4.78 is 5.63. The maximum absolute atomic E-state index is 14.7. The number of likely N-dealkylation sites (tertiary alicyclic amines) is 2. The van der Waals surface area contributed by atoms with Gasteiger partial charge in [-0.15, -0.1) is 0 Å². The van der Waals surface area contributed by atoms with Crippen molar-refractivity contribution in [2.24, 2.45) is 5.92 Å². The molecule has 3 saturated heterocycles. The number of aryl methyl sites for hydroxylation is 1. The van der Waals surface area contributed by atoms with Gasteiger partial charge in [0.05, 0.1) is 11.7 Å². The van der Waals surface area contributed by atoms with Gasteiger partial charge in [-0.25, -0.2) is 9.59 Å². The maximum Gasteiger partial charge on any atom is 0.410 e. The monoisotopic (exact) mass is 872 g/mol. The minimum atomic E-state index is -1.01. The van der Waals surface area contributed by atoms with Crippen LogP contribution in [-0.4, -0.2) is 129 Å². The van der Waals surface area contributed by atoms with E-state index < -0.39 is 23.6 Å². The topological polar surface area (TPSA) is 189 Å². The van der Waals surface area contributed by atoms with Gasteiger partial charge in [-0.2, -0.15) is 5.10 Å². The van der Waals surface area contributed by atoms with Gasteiger partial charge in [0, 0.05) is 93.3 Å². The minimum absolute atomic E-state index is 0.0181. The first-order valence-corrected chi connectivity index (χ1v) is 22.6. The van der Waals surface area contributed by atoms with Gasteiger partial charge in [0.1, 0.15) is 17.7 Å². The number of amides is 5. The van der Waals surface area contributed by atoms with Crippen molar-refractivity contribution in [1.82, 2.24) is 45.5 Å². The van der Waals surface area contributed by atoms with E-state index in [9.17, 15) is 24.0 Å². The number of hydrogen-bond donors (Lipinski definition) is 4. The van der Waals surface area contributed by atoms with Crippen molar-refractivity contribution in [1.29, 1.82) is 0 Å². The number of urea groups is 1. The van der Waals surface area contributed by atoms with E-state index in [2.05, 4.69) is 35.7 Å². The summed E-state index contributed by atoms with van der Waals surface area (Å²) in [5.74, 6) is -0.573. The number of nitrogens with zero attached hydrogens (tertiary/aromatic N) is 6. The van der Waals surface area contributed by atoms with Crippen LogP contribution in [0.3, 0.4) is 0 Å². The lowest BCUT2D eigenvalue weighted by Crippen LogP contribution is -2.59. The van der Waals surface area contributed by atoms with E-state index in [1.54, 1.807) is 28.4 Å². The van der Waals surface area contributed by atoms with Crippen LogP contribution in [0, 0.1) is 12.8 Å². The molecular formula is C48H60N10O6. The van der Waals surface area contributed by atoms with Crippen LogP contribution < -0.4 is 21.1 Å². The number of carbonyl (C=O) groups excluding carboxylic acids is 4. The predicted octanol–water partition coefficient (Wildman–Crippen LogP) is 5.48. The van der Waals surface area contributed by atoms with Gasteiger partial charge in [0.15, 0.2) is 0 Å². The van der Waals surface area contributed by atoms with E-state index in [1.807, 2.05) is 87.2 Å². The molecule has 0 bridgehead atoms. The molecular weight excluding hydrogens is 813 g/mol. The van der Waals surface area contributed by atoms with E-state index in [4.69, 9.17) is 4.74 Å². The van der Waals surface area contributed by atoms with Crippen molar-refractivity contribution in [2.45, 2.75) is 89.8 Å². The number of para-hydroxylation sites is 1. The van der Waals surface area contributed by atoms with Crippen molar-refractivity contribution in [3.8, 4) is 0 Å². The van der Waals surface area contributed by atoms with Gasteiger partial charge >= 0.3 is 12.1 Å². The Bertz CT molecular complexity index is 2510. The van der Waals surface area contributed by atoms with Gasteiger partial charge in [-0.1, -0.05) is 24.3 Å². The van der Waals surface area contributed by atoms with Gasteiger partial charge in [0.25, 0.3) is 5.56 Å². The summed E-state index contributed by atoms with van der Waals surface area (Å²) in [6.07, 6.45) is 7.97. The first-order chi connectivity index (χ1) is 30.8. The number of fused-ring (bicyclic) bond motifs is 2. The fourth-order valence-corrected chi connectivity index (χ4v) is 9.44. The molecule has 0 aliphatic carbocycles. The SMILES string of the molecule is Cc1cc(C[C@H](NC(=O)N2CCC(c3cc4ccccc4[nH]c3=O)CC2)C(=O)N[C@@H](CC2CCN(C(=O)OC(C)(C)C)CC2)C(=O)N2CCN(c3ccncc3)CC2)cc2cn[nH]c12. The number of ether oxygens (including phenoxy) is 1. The summed E-state index contributed by atoms with van der Waals surface area (Å²) in [6, 6.07) is 15.3. The number of carbonyl (C=O) groups is 4. The number of anilines is 1. The zero-order valence-corrected chi connectivity index (χ0v) is 37.3. The molecule has 3 aliphatic heterocycles. The highest BCUT2D eigenvalue weighted by atomic mass is 16.6. The average Bonchev–Trinajstić information content (AvgIpc) is 3.78. The van der Waals surface area contributed by atoms with Crippen LogP contribution >= 0.6 is 0 Å². The van der Waals surface area contributed by atoms with Gasteiger partial charge in [0.2, 0.25) is 11.8 Å². The molecule has 2 aromatic carbocycles. The second-order valence-electron chi connectivity index (χ2n) is 18.6. The molecule has 3 aromatic heterocycles. The molecule has 0 unspecified atom stereocenters. The van der Waals surface area contributed by atoms with Crippen LogP contribution in [0.15, 0.2) is 78.0 Å². The highest BCUT2D eigenvalue weighted by Crippen LogP contribution is 2.29. The molecule has 8 rings (SSSR count). The predicted molar refractivity (Wildman–Crippen MR) is 245 cm³/mol. The van der Waals surface area contributed by atoms with Crippen molar-refractivity contribution in [2.75, 3.05) is 57.3 Å². The number of aromatic amines is 2. The standard InChI is InChI=1S/C48H60N10O6/c1-31-25-33(26-36-30-50-54-42(31)36)28-40(53-46(62)57-19-13-34(14-20-57)38-29-35-7-5-6-8-39(35)51-43(38)59)44(60)52-41(27-32-11-17-58(18-12-32)47(63)64-48(2,3)4)45(61)56-23-21-55(22-24-56)37-9-15-49-16-10-37/h5-10,15-16,25-26,29-30,32,34,40-41H,11-14,17-24,27-28H2,1-4H3,(H,50,54)(H,51,59)(H,52,60)(H,53,62)/t40-,41-/m0/s1. The van der Waals surface area contributed by atoms with Crippen LogP contribution in [0.25, 0.3) is 21.8 Å². The summed E-state index contributed by atoms with van der Waals surface area (Å²) >= 11 is 0. The molecule has 3 fully saturated rings. The number of hydrogen-bond acceptors (Lipinski definition) is 9. The Morgan fingerprint density at radius 1 is 0.812 bits per heavy atom. The zero-order chi connectivity index (χ0) is 45.0. The van der Waals surface area contributed by atoms with Crippen LogP contribution in [-0.2, 0) is 20.7 Å².